The second-order valence-corrected chi connectivity index (χ2v) is 2.59. The quantitative estimate of drug-likeness (QED) is 0.634. The molecule has 0 bridgehead atoms. The minimum absolute atomic E-state index is 0.350. The number of benzene rings is 1. The lowest BCUT2D eigenvalue weighted by Crippen LogP contribution is -2.34. The number of hydrogen-bond acceptors (Lipinski definition) is 2. The lowest BCUT2D eigenvalue weighted by atomic mass is 10.2. The fourth-order valence-electron chi connectivity index (χ4n) is 0.774. The molecule has 0 aliphatic rings. The number of nitrogens with two attached hydrogens (primary N) is 1. The number of hydrogen-bond donors (Lipinski definition) is 2. The third-order valence-electron chi connectivity index (χ3n) is 1.27. The highest BCUT2D eigenvalue weighted by molar-refractivity contribution is 7.80. The number of rotatable bonds is 1. The molecule has 0 unspecified atom stereocenters. The topological polar surface area (TPSA) is 55.1 Å². The number of carbonyl (C=O) groups excluding carboxylic acids is 1. The minimum Gasteiger partial charge on any atom is -0.351 e. The van der Waals surface area contributed by atoms with Crippen molar-refractivity contribution in [2.75, 3.05) is 0 Å². The largest absolute Gasteiger partial charge is 0.351 e. The molecule has 0 radical (unpaired) electrons. The predicted molar refractivity (Wildman–Crippen MR) is 50.9 cm³/mol. The number of primary amides is 1. The van der Waals surface area contributed by atoms with Gasteiger partial charge in [0.2, 0.25) is 0 Å². The van der Waals surface area contributed by atoms with E-state index in [-0.39, 0.29) is 0 Å². The van der Waals surface area contributed by atoms with Gasteiger partial charge in [-0.25, -0.2) is 4.79 Å². The second-order valence-electron chi connectivity index (χ2n) is 2.18. The number of nitrogens with one attached hydrogen (secondary N) is 1. The first-order valence-electron chi connectivity index (χ1n) is 3.36. The van der Waals surface area contributed by atoms with Gasteiger partial charge in [0.05, 0.1) is 0 Å². The molecule has 1 rings (SSSR count). The van der Waals surface area contributed by atoms with E-state index in [4.69, 9.17) is 18.0 Å². The summed E-state index contributed by atoms with van der Waals surface area (Å²) in [5.41, 5.74) is 5.68. The van der Waals surface area contributed by atoms with Crippen LogP contribution in [0.4, 0.5) is 4.79 Å². The van der Waals surface area contributed by atoms with E-state index in [1.54, 1.807) is 12.1 Å². The van der Waals surface area contributed by atoms with Crippen molar-refractivity contribution >= 4 is 23.2 Å². The normalized spacial score (nSPS) is 9.00. The Morgan fingerprint density at radius 3 is 2.42 bits per heavy atom. The first kappa shape index (κ1) is 8.67. The van der Waals surface area contributed by atoms with Crippen molar-refractivity contribution in [3.05, 3.63) is 35.9 Å². The van der Waals surface area contributed by atoms with Gasteiger partial charge in [0, 0.05) is 5.56 Å². The zero-order chi connectivity index (χ0) is 8.97. The molecule has 0 saturated carbocycles. The summed E-state index contributed by atoms with van der Waals surface area (Å²) in [6.07, 6.45) is 0. The van der Waals surface area contributed by atoms with E-state index in [2.05, 4.69) is 5.32 Å². The average molecular weight is 180 g/mol. The van der Waals surface area contributed by atoms with Gasteiger partial charge < -0.3 is 5.73 Å². The molecule has 4 heteroatoms. The molecule has 2 amide bonds. The van der Waals surface area contributed by atoms with Crippen LogP contribution in [0.2, 0.25) is 0 Å². The van der Waals surface area contributed by atoms with Gasteiger partial charge in [-0.3, -0.25) is 5.32 Å². The van der Waals surface area contributed by atoms with Crippen molar-refractivity contribution in [3.63, 3.8) is 0 Å². The Balaban J connectivity index is 2.73. The average Bonchev–Trinajstić information content (AvgIpc) is 2.05. The molecule has 0 aromatic heterocycles. The Bertz CT molecular complexity index is 297. The second kappa shape index (κ2) is 3.82. The first-order valence-corrected chi connectivity index (χ1v) is 3.77. The minimum atomic E-state index is -0.635. The zero-order valence-electron chi connectivity index (χ0n) is 6.28. The van der Waals surface area contributed by atoms with E-state index >= 15 is 0 Å². The Kier molecular flexibility index (Phi) is 2.76. The molecule has 1 aromatic carbocycles. The van der Waals surface area contributed by atoms with Crippen LogP contribution < -0.4 is 11.1 Å². The van der Waals surface area contributed by atoms with Crippen LogP contribution in [-0.4, -0.2) is 11.0 Å². The van der Waals surface area contributed by atoms with Crippen molar-refractivity contribution in [2.45, 2.75) is 0 Å². The molecule has 0 saturated heterocycles. The smallest absolute Gasteiger partial charge is 0.317 e. The molecular weight excluding hydrogens is 172 g/mol. The molecule has 0 heterocycles. The van der Waals surface area contributed by atoms with Crippen molar-refractivity contribution in [1.82, 2.24) is 5.32 Å². The highest BCUT2D eigenvalue weighted by Crippen LogP contribution is 1.98. The Morgan fingerprint density at radius 2 is 1.92 bits per heavy atom. The molecule has 0 aliphatic carbocycles. The number of carbonyl (C=O) groups is 1. The van der Waals surface area contributed by atoms with Gasteiger partial charge in [0.1, 0.15) is 4.99 Å². The summed E-state index contributed by atoms with van der Waals surface area (Å²) in [6.45, 7) is 0. The summed E-state index contributed by atoms with van der Waals surface area (Å²) in [6, 6.07) is 8.52. The molecule has 0 fully saturated rings. The lowest BCUT2D eigenvalue weighted by molar-refractivity contribution is 0.253. The van der Waals surface area contributed by atoms with Gasteiger partial charge >= 0.3 is 6.03 Å². The fraction of sp³-hybridized carbons (Fsp3) is 0. The van der Waals surface area contributed by atoms with E-state index in [1.807, 2.05) is 18.2 Å². The van der Waals surface area contributed by atoms with Crippen LogP contribution in [0.3, 0.4) is 0 Å². The van der Waals surface area contributed by atoms with E-state index < -0.39 is 6.03 Å². The summed E-state index contributed by atoms with van der Waals surface area (Å²) in [4.78, 5) is 10.8. The summed E-state index contributed by atoms with van der Waals surface area (Å²) >= 11 is 4.88. The number of urea groups is 1. The molecule has 0 atom stereocenters. The van der Waals surface area contributed by atoms with Gasteiger partial charge in [-0.15, -0.1) is 0 Å². The molecule has 3 N–H and O–H groups in total. The highest BCUT2D eigenvalue weighted by atomic mass is 32.1. The Labute approximate surface area is 75.6 Å². The van der Waals surface area contributed by atoms with Crippen LogP contribution in [-0.2, 0) is 0 Å². The van der Waals surface area contributed by atoms with Crippen molar-refractivity contribution in [3.8, 4) is 0 Å². The monoisotopic (exact) mass is 180 g/mol. The standard InChI is InChI=1S/C8H8N2OS/c9-8(11)10-7(12)6-4-2-1-3-5-6/h1-5H,(H3,9,10,11,12). The maximum absolute atomic E-state index is 10.4. The van der Waals surface area contributed by atoms with E-state index in [0.29, 0.717) is 4.99 Å². The molecule has 12 heavy (non-hydrogen) atoms. The van der Waals surface area contributed by atoms with Gasteiger partial charge in [0.25, 0.3) is 0 Å². The van der Waals surface area contributed by atoms with Crippen LogP contribution in [0.1, 0.15) is 5.56 Å². The Morgan fingerprint density at radius 1 is 1.33 bits per heavy atom. The molecule has 62 valence electrons. The third kappa shape index (κ3) is 2.32. The predicted octanol–water partition coefficient (Wildman–Crippen LogP) is 1.03. The summed E-state index contributed by atoms with van der Waals surface area (Å²) in [5, 5.41) is 2.33. The van der Waals surface area contributed by atoms with Crippen molar-refractivity contribution < 1.29 is 4.79 Å². The molecule has 0 spiro atoms. The first-order chi connectivity index (χ1) is 5.70. The van der Waals surface area contributed by atoms with Crippen LogP contribution in [0, 0.1) is 0 Å². The maximum atomic E-state index is 10.4. The van der Waals surface area contributed by atoms with Crippen LogP contribution in [0.15, 0.2) is 30.3 Å². The molecular formula is C8H8N2OS. The van der Waals surface area contributed by atoms with Gasteiger partial charge in [-0.05, 0) is 0 Å². The van der Waals surface area contributed by atoms with Gasteiger partial charge in [0.15, 0.2) is 0 Å². The van der Waals surface area contributed by atoms with Gasteiger partial charge in [-0.1, -0.05) is 42.5 Å². The maximum Gasteiger partial charge on any atom is 0.317 e. The van der Waals surface area contributed by atoms with E-state index in [0.717, 1.165) is 5.56 Å². The van der Waals surface area contributed by atoms with E-state index in [9.17, 15) is 4.79 Å². The molecule has 1 aromatic rings. The lowest BCUT2D eigenvalue weighted by Gasteiger charge is -2.02. The molecule has 3 nitrogen and oxygen atoms in total. The number of thiocarbonyl (C=S) groups is 1. The van der Waals surface area contributed by atoms with Crippen LogP contribution in [0.5, 0.6) is 0 Å². The summed E-state index contributed by atoms with van der Waals surface area (Å²) in [5.74, 6) is 0. The zero-order valence-corrected chi connectivity index (χ0v) is 7.10. The SMILES string of the molecule is NC(=O)NC(=S)c1ccccc1. The summed E-state index contributed by atoms with van der Waals surface area (Å²) in [7, 11) is 0. The van der Waals surface area contributed by atoms with E-state index in [1.165, 1.54) is 0 Å². The highest BCUT2D eigenvalue weighted by Gasteiger charge is 2.00. The molecule has 0 aliphatic heterocycles. The number of amides is 2. The van der Waals surface area contributed by atoms with Crippen LogP contribution in [0.25, 0.3) is 0 Å². The Hall–Kier alpha value is -1.42. The third-order valence-corrected chi connectivity index (χ3v) is 1.61. The summed E-state index contributed by atoms with van der Waals surface area (Å²) < 4.78 is 0. The fourth-order valence-corrected chi connectivity index (χ4v) is 1.01. The van der Waals surface area contributed by atoms with Crippen LogP contribution >= 0.6 is 12.2 Å². The van der Waals surface area contributed by atoms with Crippen molar-refractivity contribution in [1.29, 1.82) is 0 Å². The van der Waals surface area contributed by atoms with Crippen molar-refractivity contribution in [2.24, 2.45) is 5.73 Å². The van der Waals surface area contributed by atoms with Gasteiger partial charge in [-0.2, -0.15) is 0 Å².